The molecule has 1 aromatic rings. The van der Waals surface area contributed by atoms with Gasteiger partial charge in [-0.2, -0.15) is 4.98 Å². The summed E-state index contributed by atoms with van der Waals surface area (Å²) in [6, 6.07) is 0. The second-order valence-electron chi connectivity index (χ2n) is 3.61. The Labute approximate surface area is 94.5 Å². The maximum atomic E-state index is 9.30. The van der Waals surface area contributed by atoms with E-state index in [9.17, 15) is 5.11 Å². The molecule has 1 N–H and O–H groups in total. The lowest BCUT2D eigenvalue weighted by molar-refractivity contribution is 0.196. The fourth-order valence-corrected chi connectivity index (χ4v) is 1.82. The van der Waals surface area contributed by atoms with E-state index < -0.39 is 0 Å². The highest BCUT2D eigenvalue weighted by Crippen LogP contribution is 2.19. The highest BCUT2D eigenvalue weighted by molar-refractivity contribution is 7.99. The quantitative estimate of drug-likeness (QED) is 0.810. The van der Waals surface area contributed by atoms with E-state index in [2.05, 4.69) is 17.1 Å². The van der Waals surface area contributed by atoms with Gasteiger partial charge in [0, 0.05) is 11.7 Å². The van der Waals surface area contributed by atoms with E-state index in [1.54, 1.807) is 18.7 Å². The molecule has 0 aliphatic carbocycles. The number of aliphatic hydroxyl groups excluding tert-OH is 1. The number of hydrogen-bond acceptors (Lipinski definition) is 5. The highest BCUT2D eigenvalue weighted by atomic mass is 32.2. The van der Waals surface area contributed by atoms with Crippen molar-refractivity contribution in [1.29, 1.82) is 0 Å². The summed E-state index contributed by atoms with van der Waals surface area (Å²) in [5, 5.41) is 13.4. The van der Waals surface area contributed by atoms with Crippen molar-refractivity contribution in [3.05, 3.63) is 11.7 Å². The SMILES string of the molecule is CCCc1noc(CSC(C)C(C)O)n1. The summed E-state index contributed by atoms with van der Waals surface area (Å²) < 4.78 is 5.08. The van der Waals surface area contributed by atoms with Gasteiger partial charge in [-0.15, -0.1) is 11.8 Å². The smallest absolute Gasteiger partial charge is 0.236 e. The lowest BCUT2D eigenvalue weighted by Crippen LogP contribution is -2.15. The van der Waals surface area contributed by atoms with Crippen molar-refractivity contribution in [2.45, 2.75) is 50.7 Å². The fraction of sp³-hybridized carbons (Fsp3) is 0.800. The van der Waals surface area contributed by atoms with Gasteiger partial charge in [0.05, 0.1) is 11.9 Å². The standard InChI is InChI=1S/C10H18N2O2S/c1-4-5-9-11-10(14-12-9)6-15-8(3)7(2)13/h7-8,13H,4-6H2,1-3H3. The molecule has 5 heteroatoms. The van der Waals surface area contributed by atoms with Crippen molar-refractivity contribution in [1.82, 2.24) is 10.1 Å². The first-order valence-electron chi connectivity index (χ1n) is 5.24. The Bertz CT molecular complexity index is 289. The van der Waals surface area contributed by atoms with Gasteiger partial charge in [0.15, 0.2) is 5.82 Å². The van der Waals surface area contributed by atoms with Gasteiger partial charge in [-0.1, -0.05) is 19.0 Å². The van der Waals surface area contributed by atoms with Gasteiger partial charge < -0.3 is 9.63 Å². The largest absolute Gasteiger partial charge is 0.392 e. The second kappa shape index (κ2) is 6.12. The molecule has 0 spiro atoms. The van der Waals surface area contributed by atoms with Crippen LogP contribution >= 0.6 is 11.8 Å². The maximum absolute atomic E-state index is 9.30. The fourth-order valence-electron chi connectivity index (χ4n) is 1.02. The molecule has 0 saturated carbocycles. The molecule has 1 heterocycles. The summed E-state index contributed by atoms with van der Waals surface area (Å²) >= 11 is 1.62. The van der Waals surface area contributed by atoms with E-state index in [4.69, 9.17) is 4.52 Å². The Kier molecular flexibility index (Phi) is 5.11. The van der Waals surface area contributed by atoms with E-state index >= 15 is 0 Å². The van der Waals surface area contributed by atoms with Crippen LogP contribution in [0.2, 0.25) is 0 Å². The monoisotopic (exact) mass is 230 g/mol. The lowest BCUT2D eigenvalue weighted by atomic mass is 10.3. The van der Waals surface area contributed by atoms with Crippen LogP contribution in [-0.2, 0) is 12.2 Å². The third kappa shape index (κ3) is 4.22. The molecule has 0 amide bonds. The molecule has 86 valence electrons. The molecule has 0 fully saturated rings. The molecular weight excluding hydrogens is 212 g/mol. The molecule has 0 saturated heterocycles. The van der Waals surface area contributed by atoms with Crippen LogP contribution < -0.4 is 0 Å². The van der Waals surface area contributed by atoms with Gasteiger partial charge in [-0.25, -0.2) is 0 Å². The predicted octanol–water partition coefficient (Wildman–Crippen LogP) is 2.02. The number of hydrogen-bond donors (Lipinski definition) is 1. The summed E-state index contributed by atoms with van der Waals surface area (Å²) in [5.41, 5.74) is 0. The molecule has 15 heavy (non-hydrogen) atoms. The van der Waals surface area contributed by atoms with E-state index in [-0.39, 0.29) is 11.4 Å². The number of aryl methyl sites for hydroxylation is 1. The minimum absolute atomic E-state index is 0.187. The number of rotatable bonds is 6. The van der Waals surface area contributed by atoms with Crippen molar-refractivity contribution in [3.8, 4) is 0 Å². The van der Waals surface area contributed by atoms with Crippen LogP contribution in [0.3, 0.4) is 0 Å². The van der Waals surface area contributed by atoms with Crippen LogP contribution in [0, 0.1) is 0 Å². The van der Waals surface area contributed by atoms with E-state index in [0.717, 1.165) is 18.7 Å². The molecule has 2 unspecified atom stereocenters. The van der Waals surface area contributed by atoms with Crippen LogP contribution in [0.4, 0.5) is 0 Å². The first-order valence-corrected chi connectivity index (χ1v) is 6.29. The average molecular weight is 230 g/mol. The predicted molar refractivity (Wildman–Crippen MR) is 60.7 cm³/mol. The van der Waals surface area contributed by atoms with Crippen LogP contribution in [0.5, 0.6) is 0 Å². The second-order valence-corrected chi connectivity index (χ2v) is 4.98. The van der Waals surface area contributed by atoms with Gasteiger partial charge in [0.1, 0.15) is 0 Å². The number of thioether (sulfide) groups is 1. The molecule has 4 nitrogen and oxygen atoms in total. The molecule has 0 aromatic carbocycles. The molecule has 1 rings (SSSR count). The molecule has 2 atom stereocenters. The number of aliphatic hydroxyl groups is 1. The first kappa shape index (κ1) is 12.5. The van der Waals surface area contributed by atoms with Crippen LogP contribution in [0.15, 0.2) is 4.52 Å². The van der Waals surface area contributed by atoms with Gasteiger partial charge in [0.2, 0.25) is 5.89 Å². The van der Waals surface area contributed by atoms with Gasteiger partial charge in [0.25, 0.3) is 0 Å². The zero-order valence-electron chi connectivity index (χ0n) is 9.43. The third-order valence-corrected chi connectivity index (χ3v) is 3.47. The van der Waals surface area contributed by atoms with Crippen molar-refractivity contribution in [2.24, 2.45) is 0 Å². The maximum Gasteiger partial charge on any atom is 0.236 e. The first-order chi connectivity index (χ1) is 7.13. The summed E-state index contributed by atoms with van der Waals surface area (Å²) in [7, 11) is 0. The van der Waals surface area contributed by atoms with E-state index in [1.165, 1.54) is 0 Å². The Morgan fingerprint density at radius 2 is 2.20 bits per heavy atom. The topological polar surface area (TPSA) is 59.2 Å². The van der Waals surface area contributed by atoms with E-state index in [1.807, 2.05) is 6.92 Å². The van der Waals surface area contributed by atoms with Crippen molar-refractivity contribution in [2.75, 3.05) is 0 Å². The Balaban J connectivity index is 2.37. The molecule has 0 radical (unpaired) electrons. The number of nitrogens with zero attached hydrogens (tertiary/aromatic N) is 2. The van der Waals surface area contributed by atoms with Crippen LogP contribution in [0.25, 0.3) is 0 Å². The van der Waals surface area contributed by atoms with Crippen molar-refractivity contribution in [3.63, 3.8) is 0 Å². The average Bonchev–Trinajstić information content (AvgIpc) is 2.62. The summed E-state index contributed by atoms with van der Waals surface area (Å²) in [6.45, 7) is 5.85. The van der Waals surface area contributed by atoms with Crippen LogP contribution in [0.1, 0.15) is 38.9 Å². The van der Waals surface area contributed by atoms with Crippen molar-refractivity contribution >= 4 is 11.8 Å². The zero-order chi connectivity index (χ0) is 11.3. The van der Waals surface area contributed by atoms with Crippen molar-refractivity contribution < 1.29 is 9.63 Å². The Morgan fingerprint density at radius 3 is 2.80 bits per heavy atom. The van der Waals surface area contributed by atoms with Gasteiger partial charge in [-0.05, 0) is 13.3 Å². The normalized spacial score (nSPS) is 15.2. The Hall–Kier alpha value is -0.550. The third-order valence-electron chi connectivity index (χ3n) is 2.13. The molecule has 0 aliphatic rings. The van der Waals surface area contributed by atoms with Gasteiger partial charge >= 0.3 is 0 Å². The van der Waals surface area contributed by atoms with Crippen LogP contribution in [-0.4, -0.2) is 26.6 Å². The zero-order valence-corrected chi connectivity index (χ0v) is 10.3. The summed E-state index contributed by atoms with van der Waals surface area (Å²) in [4.78, 5) is 4.25. The summed E-state index contributed by atoms with van der Waals surface area (Å²) in [6.07, 6.45) is 1.57. The minimum atomic E-state index is -0.312. The Morgan fingerprint density at radius 1 is 1.47 bits per heavy atom. The molecular formula is C10H18N2O2S. The molecule has 0 aliphatic heterocycles. The molecule has 0 bridgehead atoms. The highest BCUT2D eigenvalue weighted by Gasteiger charge is 2.12. The molecule has 1 aromatic heterocycles. The van der Waals surface area contributed by atoms with E-state index in [0.29, 0.717) is 11.6 Å². The lowest BCUT2D eigenvalue weighted by Gasteiger charge is -2.11. The number of aromatic nitrogens is 2. The minimum Gasteiger partial charge on any atom is -0.392 e. The van der Waals surface area contributed by atoms with Gasteiger partial charge in [-0.3, -0.25) is 0 Å². The summed E-state index contributed by atoms with van der Waals surface area (Å²) in [5.74, 6) is 2.09.